The Morgan fingerprint density at radius 1 is 1.28 bits per heavy atom. The van der Waals surface area contributed by atoms with E-state index >= 15 is 0 Å². The molecule has 0 saturated carbocycles. The number of nitrogens with one attached hydrogen (secondary N) is 1. The summed E-state index contributed by atoms with van der Waals surface area (Å²) in [6.45, 7) is 5.26. The smallest absolute Gasteiger partial charge is 0.396 e. The minimum absolute atomic E-state index is 0.0695. The molecule has 166 valence electrons. The summed E-state index contributed by atoms with van der Waals surface area (Å²) in [4.78, 5) is 49.3. The summed E-state index contributed by atoms with van der Waals surface area (Å²) >= 11 is 0. The fraction of sp³-hybridized carbons (Fsp3) is 0.318. The van der Waals surface area contributed by atoms with Crippen LogP contribution in [0.2, 0.25) is 0 Å². The highest BCUT2D eigenvalue weighted by Crippen LogP contribution is 2.60. The summed E-state index contributed by atoms with van der Waals surface area (Å²) in [6.07, 6.45) is 0. The summed E-state index contributed by atoms with van der Waals surface area (Å²) < 4.78 is 10.5. The van der Waals surface area contributed by atoms with Gasteiger partial charge in [0.1, 0.15) is 11.3 Å². The normalized spacial score (nSPS) is 22.6. The van der Waals surface area contributed by atoms with E-state index in [-0.39, 0.29) is 35.0 Å². The number of nitro benzene ring substituents is 1. The lowest BCUT2D eigenvalue weighted by Gasteiger charge is -2.33. The van der Waals surface area contributed by atoms with E-state index in [4.69, 9.17) is 9.47 Å². The lowest BCUT2D eigenvalue weighted by atomic mass is 9.82. The van der Waals surface area contributed by atoms with E-state index in [2.05, 4.69) is 5.32 Å². The van der Waals surface area contributed by atoms with Gasteiger partial charge in [0.15, 0.2) is 0 Å². The van der Waals surface area contributed by atoms with Gasteiger partial charge in [0, 0.05) is 17.2 Å². The molecule has 10 nitrogen and oxygen atoms in total. The minimum atomic E-state index is -2.65. The summed E-state index contributed by atoms with van der Waals surface area (Å²) in [5.41, 5.74) is -2.55. The first kappa shape index (κ1) is 21.4. The molecule has 2 aromatic carbocycles. The molecule has 0 radical (unpaired) electrons. The number of fused-ring (bicyclic) bond motifs is 5. The Bertz CT molecular complexity index is 1190. The predicted octanol–water partition coefficient (Wildman–Crippen LogP) is 2.03. The highest BCUT2D eigenvalue weighted by Gasteiger charge is 2.74. The number of hydrogen-bond donors (Lipinski definition) is 2. The first-order valence-corrected chi connectivity index (χ1v) is 9.96. The molecule has 0 aromatic heterocycles. The van der Waals surface area contributed by atoms with Gasteiger partial charge in [0.05, 0.1) is 11.5 Å². The lowest BCUT2D eigenvalue weighted by molar-refractivity contribution is -0.388. The van der Waals surface area contributed by atoms with Gasteiger partial charge >= 0.3 is 11.9 Å². The van der Waals surface area contributed by atoms with Crippen LogP contribution in [0.15, 0.2) is 36.4 Å². The Morgan fingerprint density at radius 3 is 2.62 bits per heavy atom. The molecule has 0 bridgehead atoms. The van der Waals surface area contributed by atoms with Crippen LogP contribution in [-0.4, -0.2) is 34.3 Å². The van der Waals surface area contributed by atoms with Crippen molar-refractivity contribution in [2.75, 3.05) is 6.61 Å². The van der Waals surface area contributed by atoms with Gasteiger partial charge in [0.2, 0.25) is 11.3 Å². The molecule has 1 aliphatic heterocycles. The van der Waals surface area contributed by atoms with Crippen molar-refractivity contribution in [1.29, 1.82) is 0 Å². The second-order valence-electron chi connectivity index (χ2n) is 7.87. The number of benzene rings is 2. The number of rotatable bonds is 4. The summed E-state index contributed by atoms with van der Waals surface area (Å²) in [5.74, 6) is -5.91. The van der Waals surface area contributed by atoms with Gasteiger partial charge in [0.25, 0.3) is 11.5 Å². The fourth-order valence-electron chi connectivity index (χ4n) is 4.29. The number of amides is 1. The fourth-order valence-corrected chi connectivity index (χ4v) is 4.29. The monoisotopic (exact) mass is 440 g/mol. The van der Waals surface area contributed by atoms with Crippen LogP contribution < -0.4 is 10.1 Å². The number of carbonyl (C=O) groups is 3. The molecule has 32 heavy (non-hydrogen) atoms. The highest BCUT2D eigenvalue weighted by molar-refractivity contribution is 6.33. The third kappa shape index (κ3) is 2.65. The number of carbonyl (C=O) groups excluding carboxylic acids is 3. The van der Waals surface area contributed by atoms with Crippen molar-refractivity contribution < 1.29 is 33.9 Å². The number of aliphatic hydroxyl groups is 1. The molecular weight excluding hydrogens is 420 g/mol. The maximum atomic E-state index is 13.6. The summed E-state index contributed by atoms with van der Waals surface area (Å²) in [5, 5.41) is 25.7. The first-order valence-electron chi connectivity index (χ1n) is 9.96. The average molecular weight is 440 g/mol. The molecule has 1 aliphatic carbocycles. The molecule has 0 saturated heterocycles. The molecule has 2 atom stereocenters. The van der Waals surface area contributed by atoms with Crippen LogP contribution in [0.1, 0.15) is 53.7 Å². The maximum Gasteiger partial charge on any atom is 0.396 e. The van der Waals surface area contributed by atoms with E-state index < -0.39 is 39.6 Å². The molecule has 1 heterocycles. The Hall–Kier alpha value is -3.79. The van der Waals surface area contributed by atoms with Crippen LogP contribution >= 0.6 is 0 Å². The van der Waals surface area contributed by atoms with Crippen molar-refractivity contribution in [2.45, 2.75) is 38.0 Å². The van der Waals surface area contributed by atoms with Gasteiger partial charge in [-0.15, -0.1) is 0 Å². The van der Waals surface area contributed by atoms with Crippen molar-refractivity contribution in [3.8, 4) is 5.75 Å². The van der Waals surface area contributed by atoms with Crippen molar-refractivity contribution in [3.05, 3.63) is 68.8 Å². The zero-order valence-electron chi connectivity index (χ0n) is 17.5. The topological polar surface area (TPSA) is 145 Å². The molecular formula is C22H20N2O8. The number of ether oxygens (including phenoxy) is 2. The van der Waals surface area contributed by atoms with Crippen LogP contribution in [0, 0.1) is 10.1 Å². The van der Waals surface area contributed by atoms with E-state index in [1.807, 2.05) is 13.8 Å². The van der Waals surface area contributed by atoms with Gasteiger partial charge in [-0.1, -0.05) is 38.1 Å². The van der Waals surface area contributed by atoms with Crippen molar-refractivity contribution >= 4 is 23.3 Å². The third-order valence-electron chi connectivity index (χ3n) is 5.77. The first-order chi connectivity index (χ1) is 15.1. The summed E-state index contributed by atoms with van der Waals surface area (Å²) in [6, 6.07) is 8.51. The number of hydrogen-bond acceptors (Lipinski definition) is 8. The van der Waals surface area contributed by atoms with E-state index in [0.29, 0.717) is 0 Å². The van der Waals surface area contributed by atoms with Gasteiger partial charge in [-0.3, -0.25) is 19.7 Å². The standard InChI is InChI=1S/C22H20N2O8/c1-4-31-20(27)19(26)23-21-14-9-8-12(11(2)3)10-16(14)32-22(21,28)17-13(18(21)25)6-5-7-15(17)24(29)30/h5-11,28H,4H2,1-3H3,(H,23,26). The average Bonchev–Trinajstić information content (AvgIpc) is 3.10. The van der Waals surface area contributed by atoms with Crippen molar-refractivity contribution in [2.24, 2.45) is 0 Å². The number of esters is 1. The molecule has 2 N–H and O–H groups in total. The second-order valence-corrected chi connectivity index (χ2v) is 7.87. The number of nitrogens with zero attached hydrogens (tertiary/aromatic N) is 1. The van der Waals surface area contributed by atoms with Gasteiger partial charge in [-0.2, -0.15) is 0 Å². The molecule has 1 amide bonds. The van der Waals surface area contributed by atoms with Crippen LogP contribution in [0.4, 0.5) is 5.69 Å². The molecule has 2 unspecified atom stereocenters. The van der Waals surface area contributed by atoms with Gasteiger partial charge in [-0.25, -0.2) is 4.79 Å². The van der Waals surface area contributed by atoms with Crippen LogP contribution in [0.5, 0.6) is 5.75 Å². The quantitative estimate of drug-likeness (QED) is 0.318. The largest absolute Gasteiger partial charge is 0.459 e. The van der Waals surface area contributed by atoms with Gasteiger partial charge in [-0.05, 0) is 24.5 Å². The zero-order valence-corrected chi connectivity index (χ0v) is 17.5. The SMILES string of the molecule is CCOC(=O)C(=O)NC12C(=O)c3cccc([N+](=O)[O-])c3C1(O)Oc1cc(C(C)C)ccc12. The molecule has 10 heteroatoms. The Morgan fingerprint density at radius 2 is 2.00 bits per heavy atom. The Balaban J connectivity index is 1.99. The van der Waals surface area contributed by atoms with E-state index in [1.54, 1.807) is 12.1 Å². The molecule has 0 spiro atoms. The van der Waals surface area contributed by atoms with E-state index in [0.717, 1.165) is 11.6 Å². The predicted molar refractivity (Wildman–Crippen MR) is 109 cm³/mol. The molecule has 2 aliphatic rings. The Kier molecular flexibility index (Phi) is 4.78. The minimum Gasteiger partial charge on any atom is -0.459 e. The number of ketones is 1. The maximum absolute atomic E-state index is 13.6. The zero-order chi connectivity index (χ0) is 23.4. The molecule has 4 rings (SSSR count). The highest BCUT2D eigenvalue weighted by atomic mass is 16.6. The van der Waals surface area contributed by atoms with Gasteiger partial charge < -0.3 is 19.9 Å². The van der Waals surface area contributed by atoms with Crippen molar-refractivity contribution in [3.63, 3.8) is 0 Å². The van der Waals surface area contributed by atoms with E-state index in [9.17, 15) is 29.6 Å². The van der Waals surface area contributed by atoms with Crippen molar-refractivity contribution in [1.82, 2.24) is 5.32 Å². The second kappa shape index (κ2) is 7.13. The molecule has 0 fully saturated rings. The van der Waals surface area contributed by atoms with Crippen LogP contribution in [-0.2, 0) is 25.7 Å². The molecule has 2 aromatic rings. The van der Waals surface area contributed by atoms with Crippen LogP contribution in [0.3, 0.4) is 0 Å². The Labute approximate surface area is 182 Å². The lowest BCUT2D eigenvalue weighted by Crippen LogP contribution is -2.61. The summed E-state index contributed by atoms with van der Waals surface area (Å²) in [7, 11) is 0. The number of nitro groups is 1. The third-order valence-corrected chi connectivity index (χ3v) is 5.77. The van der Waals surface area contributed by atoms with Crippen LogP contribution in [0.25, 0.3) is 0 Å². The number of Topliss-reactive ketones (excluding diaryl/α,β-unsaturated/α-hetero) is 1. The van der Waals surface area contributed by atoms with E-state index in [1.165, 1.54) is 25.1 Å².